The fraction of sp³-hybridized carbons (Fsp3) is 0.593. The second-order valence-electron chi connectivity index (χ2n) is 10.0. The fourth-order valence-electron chi connectivity index (χ4n) is 5.54. The summed E-state index contributed by atoms with van der Waals surface area (Å²) in [5, 5.41) is 7.54. The molecule has 0 amide bonds. The van der Waals surface area contributed by atoms with Crippen molar-refractivity contribution in [1.29, 1.82) is 0 Å². The molecule has 7 heteroatoms. The van der Waals surface area contributed by atoms with Gasteiger partial charge in [-0.1, -0.05) is 62.8 Å². The molecular weight excluding hydrogens is 440 g/mol. The summed E-state index contributed by atoms with van der Waals surface area (Å²) in [6, 6.07) is 11.4. The predicted octanol–water partition coefficient (Wildman–Crippen LogP) is 5.43. The van der Waals surface area contributed by atoms with E-state index < -0.39 is 0 Å². The van der Waals surface area contributed by atoms with Crippen LogP contribution in [0.4, 0.5) is 17.6 Å². The Morgan fingerprint density at radius 3 is 2.18 bits per heavy atom. The molecule has 2 fully saturated rings. The van der Waals surface area contributed by atoms with Crippen LogP contribution in [-0.4, -0.2) is 40.8 Å². The predicted molar refractivity (Wildman–Crippen MR) is 145 cm³/mol. The van der Waals surface area contributed by atoms with Crippen molar-refractivity contribution in [2.75, 3.05) is 34.8 Å². The number of aromatic nitrogens is 2. The minimum absolute atomic E-state index is 0.453. The molecule has 34 heavy (non-hydrogen) atoms. The zero-order valence-corrected chi connectivity index (χ0v) is 21.1. The molecule has 1 aliphatic carbocycles. The molecule has 0 spiro atoms. The molecule has 0 radical (unpaired) electrons. The number of hydrogen-bond acceptors (Lipinski definition) is 5. The number of hydrogen-bond donors (Lipinski definition) is 2. The van der Waals surface area contributed by atoms with Gasteiger partial charge in [0.05, 0.1) is 0 Å². The average molecular weight is 479 g/mol. The number of nitrogens with zero attached hydrogens (tertiary/aromatic N) is 4. The first kappa shape index (κ1) is 23.3. The van der Waals surface area contributed by atoms with Crippen LogP contribution >= 0.6 is 12.2 Å². The molecule has 1 saturated carbocycles. The van der Waals surface area contributed by atoms with Crippen LogP contribution in [0.5, 0.6) is 0 Å². The van der Waals surface area contributed by atoms with E-state index in [1.54, 1.807) is 0 Å². The van der Waals surface area contributed by atoms with Crippen LogP contribution in [0.15, 0.2) is 30.3 Å². The fourth-order valence-corrected chi connectivity index (χ4v) is 5.80. The summed E-state index contributed by atoms with van der Waals surface area (Å²) in [5.74, 6) is 2.62. The lowest BCUT2D eigenvalue weighted by Crippen LogP contribution is -2.38. The molecule has 0 atom stereocenters. The van der Waals surface area contributed by atoms with E-state index in [2.05, 4.69) is 50.8 Å². The molecule has 1 saturated heterocycles. The standard InChI is InChI=1S/C27H38N6S/c34-27(28-23-13-5-1-2-6-14-23)31-26-29-24(32-16-9-3-4-10-17-32)19-25(30-26)33-18-15-21-11-7-8-12-22(21)20-33/h7-8,11-12,19,23H,1-6,9-10,13-18,20H2,(H2,28,29,30,31,34). The number of nitrogens with one attached hydrogen (secondary N) is 2. The van der Waals surface area contributed by atoms with Gasteiger partial charge in [0.15, 0.2) is 5.11 Å². The summed E-state index contributed by atoms with van der Waals surface area (Å²) in [6.07, 6.45) is 13.7. The third-order valence-electron chi connectivity index (χ3n) is 7.50. The van der Waals surface area contributed by atoms with Gasteiger partial charge >= 0.3 is 0 Å². The SMILES string of the molecule is S=C(Nc1nc(N2CCCCCC2)cc(N2CCc3ccccc3C2)n1)NC1CCCCCC1. The quantitative estimate of drug-likeness (QED) is 0.449. The zero-order chi connectivity index (χ0) is 23.2. The van der Waals surface area contributed by atoms with Gasteiger partial charge in [0.25, 0.3) is 0 Å². The molecule has 0 unspecified atom stereocenters. The van der Waals surface area contributed by atoms with E-state index in [9.17, 15) is 0 Å². The van der Waals surface area contributed by atoms with Crippen molar-refractivity contribution in [1.82, 2.24) is 15.3 Å². The number of thiocarbonyl (C=S) groups is 1. The van der Waals surface area contributed by atoms with Crippen LogP contribution in [0.25, 0.3) is 0 Å². The molecule has 3 heterocycles. The van der Waals surface area contributed by atoms with Gasteiger partial charge < -0.3 is 20.4 Å². The Morgan fingerprint density at radius 1 is 0.794 bits per heavy atom. The van der Waals surface area contributed by atoms with Crippen molar-refractivity contribution < 1.29 is 0 Å². The maximum atomic E-state index is 5.70. The van der Waals surface area contributed by atoms with Crippen LogP contribution in [0.3, 0.4) is 0 Å². The summed E-state index contributed by atoms with van der Waals surface area (Å²) in [6.45, 7) is 3.97. The Labute approximate surface area is 209 Å². The molecule has 182 valence electrons. The Balaban J connectivity index is 1.36. The lowest BCUT2D eigenvalue weighted by Gasteiger charge is -2.31. The minimum atomic E-state index is 0.453. The molecule has 5 rings (SSSR count). The summed E-state index contributed by atoms with van der Waals surface area (Å²) in [5.41, 5.74) is 2.84. The average Bonchev–Trinajstić information content (AvgIpc) is 3.29. The first-order valence-electron chi connectivity index (χ1n) is 13.3. The second-order valence-corrected chi connectivity index (χ2v) is 10.4. The normalized spacial score (nSPS) is 19.6. The number of benzene rings is 1. The third kappa shape index (κ3) is 5.98. The van der Waals surface area contributed by atoms with Gasteiger partial charge in [-0.25, -0.2) is 0 Å². The van der Waals surface area contributed by atoms with Gasteiger partial charge in [0, 0.05) is 38.3 Å². The van der Waals surface area contributed by atoms with E-state index >= 15 is 0 Å². The highest BCUT2D eigenvalue weighted by molar-refractivity contribution is 7.80. The minimum Gasteiger partial charge on any atom is -0.360 e. The molecular formula is C27H38N6S. The lowest BCUT2D eigenvalue weighted by molar-refractivity contribution is 0.535. The monoisotopic (exact) mass is 478 g/mol. The third-order valence-corrected chi connectivity index (χ3v) is 7.72. The van der Waals surface area contributed by atoms with E-state index in [-0.39, 0.29) is 0 Å². The van der Waals surface area contributed by atoms with Crippen molar-refractivity contribution in [2.24, 2.45) is 0 Å². The summed E-state index contributed by atoms with van der Waals surface area (Å²) in [4.78, 5) is 14.7. The van der Waals surface area contributed by atoms with Gasteiger partial charge in [-0.3, -0.25) is 0 Å². The van der Waals surface area contributed by atoms with Crippen LogP contribution in [-0.2, 0) is 13.0 Å². The van der Waals surface area contributed by atoms with Crippen molar-refractivity contribution in [2.45, 2.75) is 83.2 Å². The van der Waals surface area contributed by atoms with Gasteiger partial charge in [-0.05, 0) is 55.4 Å². The van der Waals surface area contributed by atoms with Crippen molar-refractivity contribution in [3.05, 3.63) is 41.5 Å². The first-order chi connectivity index (χ1) is 16.7. The van der Waals surface area contributed by atoms with Crippen LogP contribution in [0.1, 0.15) is 75.3 Å². The topological polar surface area (TPSA) is 56.3 Å². The van der Waals surface area contributed by atoms with Gasteiger partial charge in [-0.15, -0.1) is 0 Å². The summed E-state index contributed by atoms with van der Waals surface area (Å²) >= 11 is 5.70. The Hall–Kier alpha value is -2.41. The van der Waals surface area contributed by atoms with Crippen LogP contribution in [0, 0.1) is 0 Å². The van der Waals surface area contributed by atoms with E-state index in [0.29, 0.717) is 17.1 Å². The molecule has 2 aromatic rings. The smallest absolute Gasteiger partial charge is 0.232 e. The number of rotatable bonds is 4. The summed E-state index contributed by atoms with van der Waals surface area (Å²) < 4.78 is 0. The van der Waals surface area contributed by atoms with Crippen LogP contribution < -0.4 is 20.4 Å². The number of anilines is 3. The van der Waals surface area contributed by atoms with E-state index in [1.807, 2.05) is 0 Å². The maximum Gasteiger partial charge on any atom is 0.232 e. The molecule has 1 aromatic carbocycles. The van der Waals surface area contributed by atoms with Crippen molar-refractivity contribution >= 4 is 34.9 Å². The van der Waals surface area contributed by atoms with Gasteiger partial charge in [0.1, 0.15) is 11.6 Å². The second kappa shape index (κ2) is 11.3. The first-order valence-corrected chi connectivity index (χ1v) is 13.7. The van der Waals surface area contributed by atoms with Crippen LogP contribution in [0.2, 0.25) is 0 Å². The van der Waals surface area contributed by atoms with Crippen molar-refractivity contribution in [3.8, 4) is 0 Å². The number of fused-ring (bicyclic) bond motifs is 1. The lowest BCUT2D eigenvalue weighted by atomic mass is 10.00. The molecule has 3 aliphatic rings. The van der Waals surface area contributed by atoms with Gasteiger partial charge in [0.2, 0.25) is 5.95 Å². The van der Waals surface area contributed by atoms with E-state index in [0.717, 1.165) is 44.2 Å². The zero-order valence-electron chi connectivity index (χ0n) is 20.3. The Morgan fingerprint density at radius 2 is 1.44 bits per heavy atom. The molecule has 2 aliphatic heterocycles. The van der Waals surface area contributed by atoms with E-state index in [1.165, 1.54) is 75.3 Å². The maximum absolute atomic E-state index is 5.70. The largest absolute Gasteiger partial charge is 0.360 e. The molecule has 6 nitrogen and oxygen atoms in total. The highest BCUT2D eigenvalue weighted by atomic mass is 32.1. The summed E-state index contributed by atoms with van der Waals surface area (Å²) in [7, 11) is 0. The van der Waals surface area contributed by atoms with Crippen molar-refractivity contribution in [3.63, 3.8) is 0 Å². The highest BCUT2D eigenvalue weighted by Gasteiger charge is 2.21. The highest BCUT2D eigenvalue weighted by Crippen LogP contribution is 2.28. The molecule has 1 aromatic heterocycles. The van der Waals surface area contributed by atoms with Gasteiger partial charge in [-0.2, -0.15) is 9.97 Å². The van der Waals surface area contributed by atoms with E-state index in [4.69, 9.17) is 22.2 Å². The Bertz CT molecular complexity index is 963. The molecule has 2 N–H and O–H groups in total. The molecule has 0 bridgehead atoms. The Kier molecular flexibility index (Phi) is 7.79.